The zero-order valence-electron chi connectivity index (χ0n) is 12.7. The molecule has 0 aliphatic carbocycles. The fourth-order valence-electron chi connectivity index (χ4n) is 2.10. The zero-order chi connectivity index (χ0) is 15.2. The number of nitrogens with zero attached hydrogens (tertiary/aromatic N) is 2. The Morgan fingerprint density at radius 1 is 1.38 bits per heavy atom. The van der Waals surface area contributed by atoms with E-state index >= 15 is 0 Å². The fourth-order valence-corrected chi connectivity index (χ4v) is 2.10. The molecule has 0 aliphatic heterocycles. The average molecular weight is 287 g/mol. The minimum absolute atomic E-state index is 0.0325. The lowest BCUT2D eigenvalue weighted by Crippen LogP contribution is -2.27. The van der Waals surface area contributed by atoms with Crippen molar-refractivity contribution >= 4 is 11.6 Å². The molecule has 0 unspecified atom stereocenters. The van der Waals surface area contributed by atoms with Gasteiger partial charge in [0, 0.05) is 25.3 Å². The number of nitrogens with one attached hydrogen (secondary N) is 1. The van der Waals surface area contributed by atoms with Crippen molar-refractivity contribution < 1.29 is 9.32 Å². The van der Waals surface area contributed by atoms with Crippen LogP contribution in [0.3, 0.4) is 0 Å². The van der Waals surface area contributed by atoms with Gasteiger partial charge in [-0.2, -0.15) is 0 Å². The van der Waals surface area contributed by atoms with Gasteiger partial charge in [0.1, 0.15) is 11.5 Å². The van der Waals surface area contributed by atoms with Gasteiger partial charge < -0.3 is 14.7 Å². The molecule has 0 aliphatic rings. The molecule has 0 radical (unpaired) electrons. The fraction of sp³-hybridized carbons (Fsp3) is 0.375. The molecule has 0 atom stereocenters. The molecule has 2 aromatic rings. The first-order chi connectivity index (χ1) is 10.1. The molecular formula is C16H21N3O2. The maximum absolute atomic E-state index is 12.6. The number of anilines is 1. The van der Waals surface area contributed by atoms with E-state index in [4.69, 9.17) is 4.52 Å². The summed E-state index contributed by atoms with van der Waals surface area (Å²) in [6, 6.07) is 9.40. The number of hydrogen-bond donors (Lipinski definition) is 1. The smallest absolute Gasteiger partial charge is 0.256 e. The molecule has 0 saturated carbocycles. The lowest BCUT2D eigenvalue weighted by molar-refractivity contribution is 0.0783. The number of aryl methyl sites for hydroxylation is 1. The van der Waals surface area contributed by atoms with Crippen LogP contribution >= 0.6 is 0 Å². The number of carbonyl (C=O) groups excluding carboxylic acids is 1. The topological polar surface area (TPSA) is 58.4 Å². The number of carbonyl (C=O) groups is 1. The van der Waals surface area contributed by atoms with Gasteiger partial charge in [0.15, 0.2) is 0 Å². The van der Waals surface area contributed by atoms with Crippen LogP contribution in [-0.2, 0) is 6.54 Å². The van der Waals surface area contributed by atoms with Crippen molar-refractivity contribution in [3.05, 3.63) is 47.3 Å². The first-order valence-electron chi connectivity index (χ1n) is 7.12. The van der Waals surface area contributed by atoms with Crippen molar-refractivity contribution in [3.63, 3.8) is 0 Å². The molecule has 5 nitrogen and oxygen atoms in total. The standard InChI is InChI=1S/C16H21N3O2/c1-4-9-17-15-8-6-5-7-14(15)16(20)19(3)11-13-10-12(2)21-18-13/h5-8,10,17H,4,9,11H2,1-3H3. The summed E-state index contributed by atoms with van der Waals surface area (Å²) in [6.07, 6.45) is 1.01. The van der Waals surface area contributed by atoms with Crippen molar-refractivity contribution in [3.8, 4) is 0 Å². The van der Waals surface area contributed by atoms with Crippen LogP contribution in [0.15, 0.2) is 34.9 Å². The molecule has 1 N–H and O–H groups in total. The van der Waals surface area contributed by atoms with E-state index in [2.05, 4.69) is 17.4 Å². The van der Waals surface area contributed by atoms with Gasteiger partial charge in [0.25, 0.3) is 5.91 Å². The summed E-state index contributed by atoms with van der Waals surface area (Å²) < 4.78 is 5.03. The molecule has 0 spiro atoms. The molecular weight excluding hydrogens is 266 g/mol. The van der Waals surface area contributed by atoms with Gasteiger partial charge in [-0.3, -0.25) is 4.79 Å². The highest BCUT2D eigenvalue weighted by Gasteiger charge is 2.16. The van der Waals surface area contributed by atoms with Gasteiger partial charge in [-0.15, -0.1) is 0 Å². The molecule has 5 heteroatoms. The number of benzene rings is 1. The van der Waals surface area contributed by atoms with Crippen LogP contribution in [0.1, 0.15) is 35.2 Å². The normalized spacial score (nSPS) is 10.4. The predicted octanol–water partition coefficient (Wildman–Crippen LogP) is 3.08. The van der Waals surface area contributed by atoms with Crippen LogP contribution < -0.4 is 5.32 Å². The Labute approximate surface area is 124 Å². The molecule has 1 aromatic heterocycles. The highest BCUT2D eigenvalue weighted by molar-refractivity contribution is 5.99. The van der Waals surface area contributed by atoms with Gasteiger partial charge in [0.05, 0.1) is 12.1 Å². The SMILES string of the molecule is CCCNc1ccccc1C(=O)N(C)Cc1cc(C)on1. The third-order valence-electron chi connectivity index (χ3n) is 3.15. The maximum atomic E-state index is 12.6. The Hall–Kier alpha value is -2.30. The maximum Gasteiger partial charge on any atom is 0.256 e. The highest BCUT2D eigenvalue weighted by Crippen LogP contribution is 2.18. The van der Waals surface area contributed by atoms with Crippen LogP contribution in [0.2, 0.25) is 0 Å². The summed E-state index contributed by atoms with van der Waals surface area (Å²) in [5.41, 5.74) is 2.29. The number of para-hydroxylation sites is 1. The van der Waals surface area contributed by atoms with Crippen molar-refractivity contribution in [1.82, 2.24) is 10.1 Å². The summed E-state index contributed by atoms with van der Waals surface area (Å²) in [4.78, 5) is 14.2. The van der Waals surface area contributed by atoms with Crippen LogP contribution in [0.5, 0.6) is 0 Å². The molecule has 0 fully saturated rings. The minimum atomic E-state index is -0.0325. The van der Waals surface area contributed by atoms with E-state index in [0.29, 0.717) is 12.1 Å². The van der Waals surface area contributed by atoms with Gasteiger partial charge in [-0.1, -0.05) is 24.2 Å². The lowest BCUT2D eigenvalue weighted by Gasteiger charge is -2.18. The monoisotopic (exact) mass is 287 g/mol. The van der Waals surface area contributed by atoms with E-state index in [9.17, 15) is 4.79 Å². The Balaban J connectivity index is 2.11. The summed E-state index contributed by atoms with van der Waals surface area (Å²) in [7, 11) is 1.77. The van der Waals surface area contributed by atoms with Crippen molar-refractivity contribution in [2.75, 3.05) is 18.9 Å². The Bertz CT molecular complexity index is 607. The van der Waals surface area contributed by atoms with Crippen LogP contribution in [-0.4, -0.2) is 29.6 Å². The molecule has 2 rings (SSSR count). The van der Waals surface area contributed by atoms with E-state index in [-0.39, 0.29) is 5.91 Å². The van der Waals surface area contributed by atoms with Crippen LogP contribution in [0, 0.1) is 6.92 Å². The summed E-state index contributed by atoms with van der Waals surface area (Å²) in [5, 5.41) is 7.20. The second kappa shape index (κ2) is 6.92. The second-order valence-corrected chi connectivity index (χ2v) is 5.06. The first kappa shape index (κ1) is 15.1. The van der Waals surface area contributed by atoms with Crippen LogP contribution in [0.25, 0.3) is 0 Å². The quantitative estimate of drug-likeness (QED) is 0.887. The number of aromatic nitrogens is 1. The van der Waals surface area contributed by atoms with E-state index in [1.54, 1.807) is 11.9 Å². The molecule has 1 heterocycles. The van der Waals surface area contributed by atoms with Crippen molar-refractivity contribution in [1.29, 1.82) is 0 Å². The van der Waals surface area contributed by atoms with Gasteiger partial charge in [0.2, 0.25) is 0 Å². The van der Waals surface area contributed by atoms with Crippen molar-refractivity contribution in [2.24, 2.45) is 0 Å². The number of rotatable bonds is 6. The third-order valence-corrected chi connectivity index (χ3v) is 3.15. The first-order valence-corrected chi connectivity index (χ1v) is 7.12. The van der Waals surface area contributed by atoms with E-state index < -0.39 is 0 Å². The number of hydrogen-bond acceptors (Lipinski definition) is 4. The van der Waals surface area contributed by atoms with Gasteiger partial charge >= 0.3 is 0 Å². The molecule has 0 bridgehead atoms. The zero-order valence-corrected chi connectivity index (χ0v) is 12.7. The van der Waals surface area contributed by atoms with Crippen molar-refractivity contribution in [2.45, 2.75) is 26.8 Å². The van der Waals surface area contributed by atoms with Crippen LogP contribution in [0.4, 0.5) is 5.69 Å². The molecule has 1 amide bonds. The van der Waals surface area contributed by atoms with E-state index in [1.807, 2.05) is 37.3 Å². The molecule has 1 aromatic carbocycles. The minimum Gasteiger partial charge on any atom is -0.384 e. The van der Waals surface area contributed by atoms with Gasteiger partial charge in [-0.25, -0.2) is 0 Å². The summed E-state index contributed by atoms with van der Waals surface area (Å²) in [6.45, 7) is 5.20. The van der Waals surface area contributed by atoms with E-state index in [0.717, 1.165) is 30.1 Å². The average Bonchev–Trinajstić information content (AvgIpc) is 2.89. The summed E-state index contributed by atoms with van der Waals surface area (Å²) >= 11 is 0. The Kier molecular flexibility index (Phi) is 4.98. The highest BCUT2D eigenvalue weighted by atomic mass is 16.5. The molecule has 112 valence electrons. The van der Waals surface area contributed by atoms with Gasteiger partial charge in [-0.05, 0) is 25.5 Å². The second-order valence-electron chi connectivity index (χ2n) is 5.06. The Morgan fingerprint density at radius 2 is 2.14 bits per heavy atom. The third kappa shape index (κ3) is 3.84. The predicted molar refractivity (Wildman–Crippen MR) is 82.3 cm³/mol. The lowest BCUT2D eigenvalue weighted by atomic mass is 10.1. The Morgan fingerprint density at radius 3 is 2.81 bits per heavy atom. The molecule has 21 heavy (non-hydrogen) atoms. The largest absolute Gasteiger partial charge is 0.384 e. The number of amides is 1. The van der Waals surface area contributed by atoms with E-state index in [1.165, 1.54) is 0 Å². The summed E-state index contributed by atoms with van der Waals surface area (Å²) in [5.74, 6) is 0.714. The molecule has 0 saturated heterocycles.